The van der Waals surface area contributed by atoms with Crippen molar-refractivity contribution in [3.63, 3.8) is 0 Å². The second-order valence-corrected chi connectivity index (χ2v) is 20.2. The number of hydrogen-bond donors (Lipinski definition) is 0. The predicted molar refractivity (Wildman–Crippen MR) is 312 cm³/mol. The molecule has 75 heavy (non-hydrogen) atoms. The number of para-hydroxylation sites is 2. The number of nitrogens with zero attached hydrogens (tertiary/aromatic N) is 4. The summed E-state index contributed by atoms with van der Waals surface area (Å²) in [4.78, 5) is 15.9. The Kier molecular flexibility index (Phi) is 10.00. The third-order valence-electron chi connectivity index (χ3n) is 14.6. The van der Waals surface area contributed by atoms with Gasteiger partial charge in [0.05, 0.1) is 11.0 Å². The Morgan fingerprint density at radius 1 is 0.293 bits per heavy atom. The van der Waals surface area contributed by atoms with Crippen LogP contribution in [0.2, 0.25) is 0 Å². The molecular weight excluding hydrogens is 933 g/mol. The Hall–Kier alpha value is -9.75. The van der Waals surface area contributed by atoms with E-state index in [0.29, 0.717) is 17.5 Å². The molecule has 0 amide bonds. The lowest BCUT2D eigenvalue weighted by atomic mass is 9.93. The molecule has 0 atom stereocenters. The molecule has 0 bridgehead atoms. The third-order valence-corrected chi connectivity index (χ3v) is 15.8. The number of rotatable bonds is 8. The minimum absolute atomic E-state index is 0.616. The molecule has 5 nitrogen and oxygen atoms in total. The van der Waals surface area contributed by atoms with Crippen LogP contribution in [-0.2, 0) is 0 Å². The number of fused-ring (bicyclic) bond motifs is 9. The van der Waals surface area contributed by atoms with E-state index in [0.717, 1.165) is 94.1 Å². The van der Waals surface area contributed by atoms with Crippen LogP contribution in [0.3, 0.4) is 0 Å². The standard InChI is InChI=1S/C69H42N4OS/c1-4-16-43(17-5-1)50-37-51(44-18-6-2-7-19-44)39-52(38-50)46-22-14-23-49(36-46)68-70-67(45-20-8-3-9-21-45)71-69(72-68)57-26-15-29-65-66(57)59-41-48(31-35-64(59)75-65)47-30-34-61-58(40-47)54-24-10-12-27-60(54)73(61)53-32-33-56-55-25-11-13-28-62(55)74-63(56)42-53/h1-42H. The van der Waals surface area contributed by atoms with Crippen molar-refractivity contribution >= 4 is 75.3 Å². The van der Waals surface area contributed by atoms with Crippen LogP contribution >= 0.6 is 11.3 Å². The molecule has 4 heterocycles. The van der Waals surface area contributed by atoms with Crippen LogP contribution in [0, 0.1) is 0 Å². The molecule has 0 aliphatic rings. The number of aromatic nitrogens is 4. The van der Waals surface area contributed by atoms with Crippen molar-refractivity contribution < 1.29 is 4.42 Å². The molecule has 0 radical (unpaired) electrons. The van der Waals surface area contributed by atoms with Gasteiger partial charge in [0.25, 0.3) is 0 Å². The fourth-order valence-corrected chi connectivity index (χ4v) is 12.2. The summed E-state index contributed by atoms with van der Waals surface area (Å²) in [5.74, 6) is 1.87. The summed E-state index contributed by atoms with van der Waals surface area (Å²) < 4.78 is 11.1. The Balaban J connectivity index is 0.853. The maximum absolute atomic E-state index is 6.37. The normalized spacial score (nSPS) is 11.7. The van der Waals surface area contributed by atoms with Gasteiger partial charge in [0.1, 0.15) is 11.2 Å². The second-order valence-electron chi connectivity index (χ2n) is 19.1. The number of hydrogen-bond acceptors (Lipinski definition) is 5. The van der Waals surface area contributed by atoms with Gasteiger partial charge < -0.3 is 8.98 Å². The lowest BCUT2D eigenvalue weighted by molar-refractivity contribution is 0.668. The van der Waals surface area contributed by atoms with E-state index in [1.165, 1.54) is 36.7 Å². The monoisotopic (exact) mass is 974 g/mol. The van der Waals surface area contributed by atoms with E-state index >= 15 is 0 Å². The average molecular weight is 975 g/mol. The van der Waals surface area contributed by atoms with Gasteiger partial charge >= 0.3 is 0 Å². The van der Waals surface area contributed by atoms with Crippen molar-refractivity contribution in [2.24, 2.45) is 0 Å². The zero-order valence-corrected chi connectivity index (χ0v) is 41.2. The summed E-state index contributed by atoms with van der Waals surface area (Å²) in [6.07, 6.45) is 0. The molecule has 0 aliphatic heterocycles. The van der Waals surface area contributed by atoms with Crippen molar-refractivity contribution in [1.82, 2.24) is 19.5 Å². The van der Waals surface area contributed by atoms with Crippen molar-refractivity contribution in [3.8, 4) is 84.4 Å². The van der Waals surface area contributed by atoms with Crippen molar-refractivity contribution in [1.29, 1.82) is 0 Å². The summed E-state index contributed by atoms with van der Waals surface area (Å²) in [5.41, 5.74) is 17.1. The number of thiophene rings is 1. The maximum Gasteiger partial charge on any atom is 0.164 e. The second kappa shape index (κ2) is 17.5. The van der Waals surface area contributed by atoms with Crippen molar-refractivity contribution in [3.05, 3.63) is 255 Å². The summed E-state index contributed by atoms with van der Waals surface area (Å²) in [5, 5.41) is 6.95. The van der Waals surface area contributed by atoms with Gasteiger partial charge in [0.2, 0.25) is 0 Å². The predicted octanol–water partition coefficient (Wildman–Crippen LogP) is 18.9. The topological polar surface area (TPSA) is 56.7 Å². The largest absolute Gasteiger partial charge is 0.456 e. The molecule has 6 heteroatoms. The van der Waals surface area contributed by atoms with Gasteiger partial charge in [-0.25, -0.2) is 15.0 Å². The van der Waals surface area contributed by atoms with E-state index in [1.807, 2.05) is 30.3 Å². The minimum Gasteiger partial charge on any atom is -0.456 e. The van der Waals surface area contributed by atoms with E-state index in [9.17, 15) is 0 Å². The summed E-state index contributed by atoms with van der Waals surface area (Å²) in [7, 11) is 0. The molecule has 350 valence electrons. The molecule has 4 aromatic heterocycles. The zero-order valence-electron chi connectivity index (χ0n) is 40.4. The molecule has 0 saturated heterocycles. The summed E-state index contributed by atoms with van der Waals surface area (Å²) >= 11 is 1.80. The molecule has 0 N–H and O–H groups in total. The van der Waals surface area contributed by atoms with Crippen LogP contribution in [-0.4, -0.2) is 19.5 Å². The van der Waals surface area contributed by atoms with Gasteiger partial charge in [0.15, 0.2) is 17.5 Å². The highest BCUT2D eigenvalue weighted by atomic mass is 32.1. The Morgan fingerprint density at radius 2 is 0.827 bits per heavy atom. The Bertz CT molecular complexity index is 4650. The van der Waals surface area contributed by atoms with Gasteiger partial charge in [-0.1, -0.05) is 170 Å². The van der Waals surface area contributed by atoms with Crippen molar-refractivity contribution in [2.75, 3.05) is 0 Å². The smallest absolute Gasteiger partial charge is 0.164 e. The molecule has 11 aromatic carbocycles. The van der Waals surface area contributed by atoms with Crippen LogP contribution in [0.4, 0.5) is 0 Å². The molecule has 15 aromatic rings. The molecule has 0 aliphatic carbocycles. The first-order valence-corrected chi connectivity index (χ1v) is 26.0. The SMILES string of the molecule is c1ccc(-c2cc(-c3ccccc3)cc(-c3cccc(-c4nc(-c5ccccc5)nc(-c5cccc6sc7ccc(-c8ccc9c(c8)c8ccccc8n9-c8ccc9c(c8)oc8ccccc89)cc7c56)n4)c3)c2)cc1. The number of furan rings is 1. The lowest BCUT2D eigenvalue weighted by Crippen LogP contribution is -2.00. The first kappa shape index (κ1) is 42.9. The summed E-state index contributed by atoms with van der Waals surface area (Å²) in [6, 6.07) is 90.7. The fourth-order valence-electron chi connectivity index (χ4n) is 11.0. The summed E-state index contributed by atoms with van der Waals surface area (Å²) in [6.45, 7) is 0. The lowest BCUT2D eigenvalue weighted by Gasteiger charge is -2.13. The molecular formula is C69H42N4OS. The van der Waals surface area contributed by atoms with Crippen LogP contribution in [0.5, 0.6) is 0 Å². The van der Waals surface area contributed by atoms with Gasteiger partial charge in [-0.2, -0.15) is 0 Å². The van der Waals surface area contributed by atoms with E-state index in [-0.39, 0.29) is 0 Å². The van der Waals surface area contributed by atoms with Crippen LogP contribution in [0.1, 0.15) is 0 Å². The van der Waals surface area contributed by atoms with Gasteiger partial charge in [-0.15, -0.1) is 11.3 Å². The average Bonchev–Trinajstić information content (AvgIpc) is 4.20. The first-order valence-electron chi connectivity index (χ1n) is 25.2. The first-order chi connectivity index (χ1) is 37.1. The van der Waals surface area contributed by atoms with E-state index in [2.05, 4.69) is 229 Å². The molecule has 0 fully saturated rings. The van der Waals surface area contributed by atoms with E-state index < -0.39 is 0 Å². The highest BCUT2D eigenvalue weighted by Crippen LogP contribution is 2.43. The zero-order chi connectivity index (χ0) is 49.4. The van der Waals surface area contributed by atoms with Crippen LogP contribution in [0.15, 0.2) is 259 Å². The third kappa shape index (κ3) is 7.41. The van der Waals surface area contributed by atoms with Gasteiger partial charge in [-0.3, -0.25) is 0 Å². The molecule has 0 unspecified atom stereocenters. The highest BCUT2D eigenvalue weighted by Gasteiger charge is 2.20. The van der Waals surface area contributed by atoms with Gasteiger partial charge in [0, 0.05) is 70.2 Å². The van der Waals surface area contributed by atoms with E-state index in [1.54, 1.807) is 11.3 Å². The molecule has 0 spiro atoms. The van der Waals surface area contributed by atoms with Crippen molar-refractivity contribution in [2.45, 2.75) is 0 Å². The van der Waals surface area contributed by atoms with Gasteiger partial charge in [-0.05, 0) is 123 Å². The Morgan fingerprint density at radius 3 is 1.59 bits per heavy atom. The quantitative estimate of drug-likeness (QED) is 0.152. The molecule has 15 rings (SSSR count). The number of benzene rings is 11. The highest BCUT2D eigenvalue weighted by molar-refractivity contribution is 7.26. The fraction of sp³-hybridized carbons (Fsp3) is 0. The maximum atomic E-state index is 6.37. The Labute approximate surface area is 435 Å². The van der Waals surface area contributed by atoms with Crippen LogP contribution < -0.4 is 0 Å². The molecule has 0 saturated carbocycles. The van der Waals surface area contributed by atoms with Crippen LogP contribution in [0.25, 0.3) is 148 Å². The van der Waals surface area contributed by atoms with E-state index in [4.69, 9.17) is 19.4 Å². The minimum atomic E-state index is 0.616.